The Hall–Kier alpha value is -1.65. The lowest BCUT2D eigenvalue weighted by Gasteiger charge is -1.96. The van der Waals surface area contributed by atoms with Crippen LogP contribution in [-0.2, 0) is 6.42 Å². The molecule has 0 atom stereocenters. The van der Waals surface area contributed by atoms with E-state index in [1.165, 1.54) is 0 Å². The molecule has 5 heteroatoms. The van der Waals surface area contributed by atoms with Gasteiger partial charge in [-0.1, -0.05) is 6.92 Å². The molecule has 2 rings (SSSR count). The number of hydrogen-bond acceptors (Lipinski definition) is 4. The van der Waals surface area contributed by atoms with Crippen LogP contribution in [0, 0.1) is 0 Å². The summed E-state index contributed by atoms with van der Waals surface area (Å²) in [5.74, 6) is 1.36. The Labute approximate surface area is 75.6 Å². The van der Waals surface area contributed by atoms with Crippen LogP contribution in [0.5, 0.6) is 0 Å². The monoisotopic (exact) mass is 177 g/mol. The molecule has 0 radical (unpaired) electrons. The van der Waals surface area contributed by atoms with Crippen molar-refractivity contribution in [2.45, 2.75) is 19.8 Å². The molecule has 0 saturated heterocycles. The summed E-state index contributed by atoms with van der Waals surface area (Å²) in [5.41, 5.74) is 6.31. The molecule has 68 valence electrons. The zero-order valence-electron chi connectivity index (χ0n) is 7.44. The van der Waals surface area contributed by atoms with Crippen molar-refractivity contribution in [2.24, 2.45) is 0 Å². The predicted molar refractivity (Wildman–Crippen MR) is 49.2 cm³/mol. The van der Waals surface area contributed by atoms with Gasteiger partial charge in [0.1, 0.15) is 5.82 Å². The van der Waals surface area contributed by atoms with Crippen molar-refractivity contribution < 1.29 is 0 Å². The van der Waals surface area contributed by atoms with Gasteiger partial charge in [-0.3, -0.25) is 0 Å². The van der Waals surface area contributed by atoms with Gasteiger partial charge in [0.05, 0.1) is 0 Å². The first kappa shape index (κ1) is 7.97. The SMILES string of the molecule is CCCc1nnc2ccc(N)nn12. The number of hydrogen-bond donors (Lipinski definition) is 1. The molecule has 0 saturated carbocycles. The predicted octanol–water partition coefficient (Wildman–Crippen LogP) is 0.659. The molecule has 0 aliphatic carbocycles. The summed E-state index contributed by atoms with van der Waals surface area (Å²) in [7, 11) is 0. The highest BCUT2D eigenvalue weighted by molar-refractivity contribution is 5.41. The zero-order valence-corrected chi connectivity index (χ0v) is 7.44. The van der Waals surface area contributed by atoms with Crippen molar-refractivity contribution in [3.8, 4) is 0 Å². The van der Waals surface area contributed by atoms with Gasteiger partial charge >= 0.3 is 0 Å². The second kappa shape index (κ2) is 3.01. The van der Waals surface area contributed by atoms with Crippen LogP contribution >= 0.6 is 0 Å². The Bertz CT molecular complexity index is 419. The maximum Gasteiger partial charge on any atom is 0.178 e. The van der Waals surface area contributed by atoms with Crippen molar-refractivity contribution in [2.75, 3.05) is 5.73 Å². The smallest absolute Gasteiger partial charge is 0.178 e. The minimum absolute atomic E-state index is 0.490. The standard InChI is InChI=1S/C8H11N5/c1-2-3-7-10-11-8-5-4-6(9)12-13(7)8/h4-5H,2-3H2,1H3,(H2,9,12). The highest BCUT2D eigenvalue weighted by Crippen LogP contribution is 2.05. The third kappa shape index (κ3) is 1.32. The summed E-state index contributed by atoms with van der Waals surface area (Å²) in [5, 5.41) is 12.1. The van der Waals surface area contributed by atoms with Crippen LogP contribution in [0.1, 0.15) is 19.2 Å². The molecule has 0 aromatic carbocycles. The van der Waals surface area contributed by atoms with Crippen LogP contribution in [0.3, 0.4) is 0 Å². The Morgan fingerprint density at radius 2 is 2.23 bits per heavy atom. The third-order valence-electron chi connectivity index (χ3n) is 1.82. The van der Waals surface area contributed by atoms with Gasteiger partial charge in [0, 0.05) is 6.42 Å². The van der Waals surface area contributed by atoms with E-state index in [0.717, 1.165) is 24.3 Å². The first-order valence-corrected chi connectivity index (χ1v) is 4.28. The largest absolute Gasteiger partial charge is 0.382 e. The maximum atomic E-state index is 5.56. The Balaban J connectivity index is 2.58. The van der Waals surface area contributed by atoms with E-state index in [-0.39, 0.29) is 0 Å². The van der Waals surface area contributed by atoms with Crippen LogP contribution in [0.15, 0.2) is 12.1 Å². The Morgan fingerprint density at radius 1 is 1.38 bits per heavy atom. The average Bonchev–Trinajstić information content (AvgIpc) is 2.49. The number of nitrogen functional groups attached to an aromatic ring is 1. The van der Waals surface area contributed by atoms with E-state index in [9.17, 15) is 0 Å². The van der Waals surface area contributed by atoms with E-state index < -0.39 is 0 Å². The molecule has 13 heavy (non-hydrogen) atoms. The summed E-state index contributed by atoms with van der Waals surface area (Å²) in [6.45, 7) is 2.09. The quantitative estimate of drug-likeness (QED) is 0.731. The molecule has 0 unspecified atom stereocenters. The van der Waals surface area contributed by atoms with Gasteiger partial charge in [-0.15, -0.1) is 15.3 Å². The molecule has 2 N–H and O–H groups in total. The molecular weight excluding hydrogens is 166 g/mol. The molecule has 0 spiro atoms. The molecule has 0 aliphatic heterocycles. The van der Waals surface area contributed by atoms with Crippen LogP contribution < -0.4 is 5.73 Å². The molecule has 0 aliphatic rings. The molecule has 0 fully saturated rings. The maximum absolute atomic E-state index is 5.56. The van der Waals surface area contributed by atoms with Gasteiger partial charge in [-0.05, 0) is 18.6 Å². The molecule has 2 aromatic heterocycles. The minimum atomic E-state index is 0.490. The number of fused-ring (bicyclic) bond motifs is 1. The molecule has 5 nitrogen and oxygen atoms in total. The van der Waals surface area contributed by atoms with Gasteiger partial charge in [0.15, 0.2) is 11.5 Å². The van der Waals surface area contributed by atoms with E-state index in [1.807, 2.05) is 6.07 Å². The van der Waals surface area contributed by atoms with Crippen LogP contribution in [0.4, 0.5) is 5.82 Å². The normalized spacial score (nSPS) is 10.8. The lowest BCUT2D eigenvalue weighted by molar-refractivity contribution is 0.773. The van der Waals surface area contributed by atoms with Gasteiger partial charge in [0.25, 0.3) is 0 Å². The van der Waals surface area contributed by atoms with Gasteiger partial charge in [0.2, 0.25) is 0 Å². The fourth-order valence-electron chi connectivity index (χ4n) is 1.23. The van der Waals surface area contributed by atoms with Crippen molar-refractivity contribution in [3.05, 3.63) is 18.0 Å². The Morgan fingerprint density at radius 3 is 3.00 bits per heavy atom. The molecule has 2 aromatic rings. The molecular formula is C8H11N5. The highest BCUT2D eigenvalue weighted by Gasteiger charge is 2.04. The van der Waals surface area contributed by atoms with E-state index >= 15 is 0 Å². The van der Waals surface area contributed by atoms with Crippen molar-refractivity contribution in [3.63, 3.8) is 0 Å². The minimum Gasteiger partial charge on any atom is -0.382 e. The Kier molecular flexibility index (Phi) is 1.84. The number of nitrogens with zero attached hydrogens (tertiary/aromatic N) is 4. The van der Waals surface area contributed by atoms with Crippen molar-refractivity contribution in [1.82, 2.24) is 19.8 Å². The summed E-state index contributed by atoms with van der Waals surface area (Å²) in [6, 6.07) is 3.54. The lowest BCUT2D eigenvalue weighted by atomic mass is 10.3. The number of anilines is 1. The second-order valence-corrected chi connectivity index (χ2v) is 2.89. The summed E-state index contributed by atoms with van der Waals surface area (Å²) in [6.07, 6.45) is 1.90. The molecule has 0 amide bonds. The van der Waals surface area contributed by atoms with Crippen LogP contribution in [0.2, 0.25) is 0 Å². The summed E-state index contributed by atoms with van der Waals surface area (Å²) >= 11 is 0. The zero-order chi connectivity index (χ0) is 9.26. The van der Waals surface area contributed by atoms with Gasteiger partial charge in [-0.25, -0.2) is 0 Å². The second-order valence-electron chi connectivity index (χ2n) is 2.89. The summed E-state index contributed by atoms with van der Waals surface area (Å²) < 4.78 is 1.69. The summed E-state index contributed by atoms with van der Waals surface area (Å²) in [4.78, 5) is 0. The fraction of sp³-hybridized carbons (Fsp3) is 0.375. The van der Waals surface area contributed by atoms with E-state index in [1.54, 1.807) is 10.6 Å². The molecule has 2 heterocycles. The number of rotatable bonds is 2. The first-order valence-electron chi connectivity index (χ1n) is 4.28. The average molecular weight is 177 g/mol. The van der Waals surface area contributed by atoms with Crippen LogP contribution in [-0.4, -0.2) is 19.8 Å². The number of aromatic nitrogens is 4. The van der Waals surface area contributed by atoms with E-state index in [4.69, 9.17) is 5.73 Å². The van der Waals surface area contributed by atoms with Crippen molar-refractivity contribution in [1.29, 1.82) is 0 Å². The van der Waals surface area contributed by atoms with Gasteiger partial charge < -0.3 is 5.73 Å². The lowest BCUT2D eigenvalue weighted by Crippen LogP contribution is -2.01. The third-order valence-corrected chi connectivity index (χ3v) is 1.82. The van der Waals surface area contributed by atoms with Gasteiger partial charge in [-0.2, -0.15) is 4.52 Å². The van der Waals surface area contributed by atoms with Crippen LogP contribution in [0.25, 0.3) is 5.65 Å². The fourth-order valence-corrected chi connectivity index (χ4v) is 1.23. The number of aryl methyl sites for hydroxylation is 1. The first-order chi connectivity index (χ1) is 6.31. The topological polar surface area (TPSA) is 69.1 Å². The highest BCUT2D eigenvalue weighted by atomic mass is 15.4. The van der Waals surface area contributed by atoms with E-state index in [0.29, 0.717) is 5.82 Å². The van der Waals surface area contributed by atoms with Crippen molar-refractivity contribution >= 4 is 11.5 Å². The van der Waals surface area contributed by atoms with E-state index in [2.05, 4.69) is 22.2 Å². The number of nitrogens with two attached hydrogens (primary N) is 1. The molecule has 0 bridgehead atoms.